The number of hydrogen-bond acceptors (Lipinski definition) is 10. The minimum Gasteiger partial charge on any atom is -0.771 e. The van der Waals surface area contributed by atoms with Gasteiger partial charge in [-0.25, -0.2) is 9.50 Å². The van der Waals surface area contributed by atoms with Gasteiger partial charge in [-0.1, -0.05) is 0 Å². The Balaban J connectivity index is 1.12. The third kappa shape index (κ3) is 5.26. The van der Waals surface area contributed by atoms with Crippen molar-refractivity contribution >= 4 is 34.1 Å². The van der Waals surface area contributed by atoms with Crippen LogP contribution >= 0.6 is 0 Å². The summed E-state index contributed by atoms with van der Waals surface area (Å²) in [5.74, 6) is 1.60. The molecule has 12 nitrogen and oxygen atoms in total. The lowest BCUT2D eigenvalue weighted by atomic mass is 9.91. The second-order valence-corrected chi connectivity index (χ2v) is 12.6. The Kier molecular flexibility index (Phi) is 7.12. The van der Waals surface area contributed by atoms with Crippen LogP contribution in [0, 0.1) is 6.92 Å². The number of pyridine rings is 3. The van der Waals surface area contributed by atoms with Crippen molar-refractivity contribution in [3.8, 4) is 16.9 Å². The van der Waals surface area contributed by atoms with Crippen molar-refractivity contribution < 1.29 is 23.0 Å². The number of fused-ring (bicyclic) bond motifs is 3. The van der Waals surface area contributed by atoms with E-state index in [4.69, 9.17) is 9.47 Å². The van der Waals surface area contributed by atoms with E-state index in [2.05, 4.69) is 30.6 Å². The van der Waals surface area contributed by atoms with Gasteiger partial charge in [0.15, 0.2) is 5.82 Å². The fourth-order valence-corrected chi connectivity index (χ4v) is 7.34. The van der Waals surface area contributed by atoms with Crippen LogP contribution in [0.4, 0.5) is 11.6 Å². The van der Waals surface area contributed by atoms with E-state index < -0.39 is 16.0 Å². The molecule has 0 spiro atoms. The van der Waals surface area contributed by atoms with Crippen molar-refractivity contribution in [3.63, 3.8) is 0 Å². The van der Waals surface area contributed by atoms with Gasteiger partial charge in [0, 0.05) is 67.3 Å². The smallest absolute Gasteiger partial charge is 0.251 e. The fourth-order valence-electron chi connectivity index (χ4n) is 6.43. The first-order chi connectivity index (χ1) is 20.8. The number of hydrogen-bond donors (Lipinski definition) is 2. The quantitative estimate of drug-likeness (QED) is 0.288. The van der Waals surface area contributed by atoms with Crippen LogP contribution in [0.15, 0.2) is 55.0 Å². The van der Waals surface area contributed by atoms with E-state index in [9.17, 15) is 13.6 Å². The van der Waals surface area contributed by atoms with Gasteiger partial charge in [-0.2, -0.15) is 5.10 Å². The number of nitrogens with zero attached hydrogens (tertiary/aromatic N) is 5. The van der Waals surface area contributed by atoms with E-state index in [0.717, 1.165) is 22.3 Å². The summed E-state index contributed by atoms with van der Waals surface area (Å²) in [7, 11) is 1.59. The van der Waals surface area contributed by atoms with Gasteiger partial charge in [0.2, 0.25) is 0 Å². The van der Waals surface area contributed by atoms with Crippen LogP contribution in [0.3, 0.4) is 0 Å². The highest BCUT2D eigenvalue weighted by Crippen LogP contribution is 2.50. The Labute approximate surface area is 251 Å². The van der Waals surface area contributed by atoms with Crippen molar-refractivity contribution in [3.05, 3.63) is 66.2 Å². The number of nitrogens with one attached hydrogen (secondary N) is 2. The summed E-state index contributed by atoms with van der Waals surface area (Å²) in [5, 5.41) is 10.4. The van der Waals surface area contributed by atoms with Crippen LogP contribution < -0.4 is 15.4 Å². The Hall–Kier alpha value is -3.91. The summed E-state index contributed by atoms with van der Waals surface area (Å²) < 4.78 is 38.5. The predicted molar refractivity (Wildman–Crippen MR) is 159 cm³/mol. The first kappa shape index (κ1) is 27.9. The molecule has 0 radical (unpaired) electrons. The molecular formula is C30H32N7O5S-. The molecule has 4 aromatic rings. The lowest BCUT2D eigenvalue weighted by Gasteiger charge is -2.52. The maximum Gasteiger partial charge on any atom is 0.251 e. The van der Waals surface area contributed by atoms with Crippen LogP contribution in [0.2, 0.25) is 0 Å². The van der Waals surface area contributed by atoms with E-state index in [-0.39, 0.29) is 24.1 Å². The van der Waals surface area contributed by atoms with Gasteiger partial charge in [-0.05, 0) is 66.7 Å². The largest absolute Gasteiger partial charge is 0.771 e. The van der Waals surface area contributed by atoms with E-state index in [0.29, 0.717) is 61.8 Å². The van der Waals surface area contributed by atoms with Gasteiger partial charge in [-0.3, -0.25) is 18.9 Å². The minimum absolute atomic E-state index is 0.000335. The zero-order chi connectivity index (χ0) is 29.7. The second-order valence-electron chi connectivity index (χ2n) is 11.4. The number of morpholine rings is 1. The molecule has 4 atom stereocenters. The normalized spacial score (nSPS) is 23.5. The number of carbonyl (C=O) groups excluding carboxylic acids is 1. The lowest BCUT2D eigenvalue weighted by molar-refractivity contribution is -0.110. The third-order valence-electron chi connectivity index (χ3n) is 8.51. The molecular weight excluding hydrogens is 570 g/mol. The number of amides is 1. The van der Waals surface area contributed by atoms with Gasteiger partial charge in [0.1, 0.15) is 17.7 Å². The van der Waals surface area contributed by atoms with Crippen molar-refractivity contribution in [2.45, 2.75) is 55.7 Å². The predicted octanol–water partition coefficient (Wildman–Crippen LogP) is 3.18. The van der Waals surface area contributed by atoms with Crippen molar-refractivity contribution in [1.82, 2.24) is 29.8 Å². The Bertz CT molecular complexity index is 1710. The van der Waals surface area contributed by atoms with Crippen LogP contribution in [0.25, 0.3) is 16.6 Å². The average molecular weight is 603 g/mol. The molecule has 4 aromatic heterocycles. The molecule has 2 N–H and O–H groups in total. The van der Waals surface area contributed by atoms with Gasteiger partial charge >= 0.3 is 0 Å². The van der Waals surface area contributed by atoms with Crippen LogP contribution in [-0.4, -0.2) is 82.5 Å². The molecule has 0 aromatic carbocycles. The van der Waals surface area contributed by atoms with E-state index in [1.54, 1.807) is 36.1 Å². The zero-order valence-electron chi connectivity index (χ0n) is 23.9. The van der Waals surface area contributed by atoms with Gasteiger partial charge < -0.3 is 24.7 Å². The Morgan fingerprint density at radius 3 is 2.63 bits per heavy atom. The highest BCUT2D eigenvalue weighted by molar-refractivity contribution is 7.80. The summed E-state index contributed by atoms with van der Waals surface area (Å²) in [6.45, 7) is 2.97. The number of carbonyl (C=O) groups is 1. The Morgan fingerprint density at radius 1 is 1.12 bits per heavy atom. The SMILES string of the molecule is CNC(=O)c1ccnc(Nc2cc3cc(-c4cc(C)ncc4OC4C[C@H]5COC[C@@H](C4)N5C4(S(=O)[O-])CC4)ccn3n2)c1. The maximum absolute atomic E-state index is 12.1. The standard InChI is InChI=1S/C30H33N7O5S/c1-18-9-25(19-4-8-36-21(10-19)14-28(35-36)34-27-11-20(3-7-32-27)29(38)31-2)26(15-33-18)42-24-12-22-16-41-17-23(13-24)37(22)30(5-6-30)43(39)40/h3-4,7-11,14-15,22-24H,5-6,12-13,16-17H2,1-2H3,(H,31,38)(H,39,40)(H,32,34,35)/p-1/t22-,23+,24?. The summed E-state index contributed by atoms with van der Waals surface area (Å²) in [6, 6.07) is 11.3. The zero-order valence-corrected chi connectivity index (χ0v) is 24.7. The Morgan fingerprint density at radius 2 is 1.91 bits per heavy atom. The second kappa shape index (κ2) is 11.0. The molecule has 2 saturated heterocycles. The molecule has 224 valence electrons. The molecule has 1 saturated carbocycles. The van der Waals surface area contributed by atoms with Gasteiger partial charge in [0.05, 0.1) is 29.8 Å². The van der Waals surface area contributed by atoms with Crippen LogP contribution in [0.5, 0.6) is 5.75 Å². The molecule has 3 fully saturated rings. The molecule has 3 aliphatic rings. The topological polar surface area (TPSA) is 146 Å². The number of anilines is 2. The molecule has 7 rings (SSSR count). The summed E-state index contributed by atoms with van der Waals surface area (Å²) >= 11 is -2.14. The van der Waals surface area contributed by atoms with Crippen LogP contribution in [-0.2, 0) is 15.8 Å². The third-order valence-corrected chi connectivity index (χ3v) is 9.75. The molecule has 1 aliphatic carbocycles. The number of piperidine rings is 1. The molecule has 43 heavy (non-hydrogen) atoms. The fraction of sp³-hybridized carbons (Fsp3) is 0.400. The summed E-state index contributed by atoms with van der Waals surface area (Å²) in [6.07, 6.45) is 7.90. The van der Waals surface area contributed by atoms with Gasteiger partial charge in [-0.15, -0.1) is 0 Å². The summed E-state index contributed by atoms with van der Waals surface area (Å²) in [5.41, 5.74) is 4.12. The highest BCUT2D eigenvalue weighted by Gasteiger charge is 2.57. The van der Waals surface area contributed by atoms with Crippen molar-refractivity contribution in [1.29, 1.82) is 0 Å². The monoisotopic (exact) mass is 602 g/mol. The molecule has 1 amide bonds. The maximum atomic E-state index is 12.1. The van der Waals surface area contributed by atoms with Crippen molar-refractivity contribution in [2.75, 3.05) is 25.6 Å². The molecule has 13 heteroatoms. The highest BCUT2D eigenvalue weighted by atomic mass is 32.2. The van der Waals surface area contributed by atoms with Gasteiger partial charge in [0.25, 0.3) is 5.91 Å². The molecule has 2 bridgehead atoms. The molecule has 2 unspecified atom stereocenters. The van der Waals surface area contributed by atoms with E-state index >= 15 is 0 Å². The van der Waals surface area contributed by atoms with Crippen LogP contribution in [0.1, 0.15) is 41.7 Å². The van der Waals surface area contributed by atoms with E-state index in [1.807, 2.05) is 37.4 Å². The number of aryl methyl sites for hydroxylation is 1. The van der Waals surface area contributed by atoms with E-state index in [1.165, 1.54) is 0 Å². The first-order valence-corrected chi connectivity index (χ1v) is 15.4. The minimum atomic E-state index is -2.14. The molecule has 6 heterocycles. The van der Waals surface area contributed by atoms with Crippen molar-refractivity contribution in [2.24, 2.45) is 0 Å². The number of ether oxygens (including phenoxy) is 2. The number of aromatic nitrogens is 4. The average Bonchev–Trinajstić information content (AvgIpc) is 3.71. The summed E-state index contributed by atoms with van der Waals surface area (Å²) in [4.78, 5) is 22.3. The first-order valence-electron chi connectivity index (χ1n) is 14.4. The number of rotatable bonds is 8. The lowest BCUT2D eigenvalue weighted by Crippen LogP contribution is -2.64. The molecule has 2 aliphatic heterocycles.